The molecule has 0 fully saturated rings. The van der Waals surface area contributed by atoms with Crippen molar-refractivity contribution in [1.82, 2.24) is 4.98 Å². The number of nitrogens with one attached hydrogen (secondary N) is 1. The predicted molar refractivity (Wildman–Crippen MR) is 67.5 cm³/mol. The Morgan fingerprint density at radius 2 is 2.29 bits per heavy atom. The summed E-state index contributed by atoms with van der Waals surface area (Å²) in [6, 6.07) is 5.36. The largest absolute Gasteiger partial charge is 0.396 e. The van der Waals surface area contributed by atoms with Crippen LogP contribution in [0.5, 0.6) is 0 Å². The van der Waals surface area contributed by atoms with E-state index in [4.69, 9.17) is 15.7 Å². The second-order valence-corrected chi connectivity index (χ2v) is 4.14. The van der Waals surface area contributed by atoms with E-state index in [9.17, 15) is 0 Å². The first-order valence-electron chi connectivity index (χ1n) is 5.61. The summed E-state index contributed by atoms with van der Waals surface area (Å²) in [6.45, 7) is 6.24. The Kier molecular flexibility index (Phi) is 5.24. The van der Waals surface area contributed by atoms with E-state index >= 15 is 0 Å². The molecular formula is C12H18N4O. The smallest absolute Gasteiger partial charge is 0.165 e. The summed E-state index contributed by atoms with van der Waals surface area (Å²) in [5, 5.41) is 11.8. The first-order valence-corrected chi connectivity index (χ1v) is 5.61. The van der Waals surface area contributed by atoms with Crippen molar-refractivity contribution in [1.29, 1.82) is 5.26 Å². The second kappa shape index (κ2) is 6.71. The molecule has 1 aromatic heterocycles. The van der Waals surface area contributed by atoms with Crippen molar-refractivity contribution < 1.29 is 4.74 Å². The summed E-state index contributed by atoms with van der Waals surface area (Å²) in [6.07, 6.45) is 0. The van der Waals surface area contributed by atoms with E-state index < -0.39 is 0 Å². The monoisotopic (exact) mass is 234 g/mol. The summed E-state index contributed by atoms with van der Waals surface area (Å²) >= 11 is 0. The SMILES string of the molecule is CC(C)COCCNc1ccc(N)c(C#N)n1. The quantitative estimate of drug-likeness (QED) is 0.731. The number of nitrogens with two attached hydrogens (primary N) is 1. The molecule has 0 saturated heterocycles. The lowest BCUT2D eigenvalue weighted by molar-refractivity contribution is 0.118. The van der Waals surface area contributed by atoms with Crippen LogP contribution in [0, 0.1) is 17.2 Å². The minimum absolute atomic E-state index is 0.248. The van der Waals surface area contributed by atoms with Gasteiger partial charge >= 0.3 is 0 Å². The van der Waals surface area contributed by atoms with E-state index in [0.29, 0.717) is 30.6 Å². The van der Waals surface area contributed by atoms with Crippen LogP contribution in [0.15, 0.2) is 12.1 Å². The second-order valence-electron chi connectivity index (χ2n) is 4.14. The number of anilines is 2. The molecule has 0 aromatic carbocycles. The van der Waals surface area contributed by atoms with Crippen molar-refractivity contribution in [3.05, 3.63) is 17.8 Å². The predicted octanol–water partition coefficient (Wildman–Crippen LogP) is 1.62. The number of aromatic nitrogens is 1. The van der Waals surface area contributed by atoms with Crippen LogP contribution >= 0.6 is 0 Å². The van der Waals surface area contributed by atoms with E-state index in [2.05, 4.69) is 24.1 Å². The molecular weight excluding hydrogens is 216 g/mol. The zero-order valence-electron chi connectivity index (χ0n) is 10.2. The van der Waals surface area contributed by atoms with E-state index in [1.165, 1.54) is 0 Å². The van der Waals surface area contributed by atoms with Gasteiger partial charge in [0.2, 0.25) is 0 Å². The van der Waals surface area contributed by atoms with Gasteiger partial charge in [0.05, 0.1) is 12.3 Å². The Hall–Kier alpha value is -1.80. The van der Waals surface area contributed by atoms with Crippen molar-refractivity contribution in [2.45, 2.75) is 13.8 Å². The average Bonchev–Trinajstić information content (AvgIpc) is 2.30. The van der Waals surface area contributed by atoms with Crippen molar-refractivity contribution in [2.24, 2.45) is 5.92 Å². The van der Waals surface area contributed by atoms with Gasteiger partial charge in [-0.3, -0.25) is 0 Å². The number of rotatable bonds is 6. The van der Waals surface area contributed by atoms with Crippen LogP contribution < -0.4 is 11.1 Å². The van der Waals surface area contributed by atoms with Crippen molar-refractivity contribution in [3.63, 3.8) is 0 Å². The van der Waals surface area contributed by atoms with Crippen molar-refractivity contribution in [2.75, 3.05) is 30.8 Å². The van der Waals surface area contributed by atoms with Gasteiger partial charge in [-0.15, -0.1) is 0 Å². The van der Waals surface area contributed by atoms with E-state index in [-0.39, 0.29) is 5.69 Å². The summed E-state index contributed by atoms with van der Waals surface area (Å²) in [4.78, 5) is 4.07. The highest BCUT2D eigenvalue weighted by Gasteiger charge is 2.01. The Balaban J connectivity index is 2.35. The van der Waals surface area contributed by atoms with Gasteiger partial charge in [0.1, 0.15) is 11.9 Å². The maximum atomic E-state index is 8.77. The summed E-state index contributed by atoms with van der Waals surface area (Å²) in [7, 11) is 0. The number of hydrogen-bond acceptors (Lipinski definition) is 5. The van der Waals surface area contributed by atoms with Gasteiger partial charge in [-0.25, -0.2) is 4.98 Å². The van der Waals surface area contributed by atoms with Crippen LogP contribution in [-0.2, 0) is 4.74 Å². The fourth-order valence-electron chi connectivity index (χ4n) is 1.23. The van der Waals surface area contributed by atoms with Gasteiger partial charge in [0.25, 0.3) is 0 Å². The lowest BCUT2D eigenvalue weighted by Crippen LogP contribution is -2.13. The average molecular weight is 234 g/mol. The van der Waals surface area contributed by atoms with Gasteiger partial charge < -0.3 is 15.8 Å². The zero-order valence-corrected chi connectivity index (χ0v) is 10.2. The van der Waals surface area contributed by atoms with Crippen LogP contribution in [0.4, 0.5) is 11.5 Å². The fraction of sp³-hybridized carbons (Fsp3) is 0.500. The molecule has 0 atom stereocenters. The zero-order chi connectivity index (χ0) is 12.7. The molecule has 0 radical (unpaired) electrons. The number of nitrogens with zero attached hydrogens (tertiary/aromatic N) is 2. The molecule has 3 N–H and O–H groups in total. The molecule has 0 bridgehead atoms. The van der Waals surface area contributed by atoms with Gasteiger partial charge in [-0.2, -0.15) is 5.26 Å². The normalized spacial score (nSPS) is 10.2. The van der Waals surface area contributed by atoms with E-state index in [1.54, 1.807) is 12.1 Å². The van der Waals surface area contributed by atoms with Gasteiger partial charge in [0, 0.05) is 13.2 Å². The molecule has 0 aliphatic heterocycles. The first kappa shape index (κ1) is 13.3. The molecule has 5 heteroatoms. The summed E-state index contributed by atoms with van der Waals surface area (Å²) in [5.74, 6) is 1.18. The summed E-state index contributed by atoms with van der Waals surface area (Å²) < 4.78 is 5.42. The number of nitrogen functional groups attached to an aromatic ring is 1. The standard InChI is InChI=1S/C12H18N4O/c1-9(2)8-17-6-5-15-12-4-3-10(14)11(7-13)16-12/h3-4,9H,5-6,8,14H2,1-2H3,(H,15,16). The van der Waals surface area contributed by atoms with Gasteiger partial charge in [-0.1, -0.05) is 13.8 Å². The molecule has 17 heavy (non-hydrogen) atoms. The van der Waals surface area contributed by atoms with Crippen molar-refractivity contribution in [3.8, 4) is 6.07 Å². The van der Waals surface area contributed by atoms with E-state index in [0.717, 1.165) is 6.61 Å². The third-order valence-corrected chi connectivity index (χ3v) is 2.04. The lowest BCUT2D eigenvalue weighted by Gasteiger charge is -2.08. The molecule has 0 spiro atoms. The number of ether oxygens (including phenoxy) is 1. The fourth-order valence-corrected chi connectivity index (χ4v) is 1.23. The summed E-state index contributed by atoms with van der Waals surface area (Å²) in [5.41, 5.74) is 6.22. The Labute approximate surface area is 102 Å². The van der Waals surface area contributed by atoms with Crippen LogP contribution in [-0.4, -0.2) is 24.7 Å². The van der Waals surface area contributed by atoms with Crippen LogP contribution in [0.3, 0.4) is 0 Å². The molecule has 0 aliphatic rings. The molecule has 1 aromatic rings. The van der Waals surface area contributed by atoms with Gasteiger partial charge in [0.15, 0.2) is 5.69 Å². The Morgan fingerprint density at radius 3 is 2.94 bits per heavy atom. The van der Waals surface area contributed by atoms with Crippen LogP contribution in [0.2, 0.25) is 0 Å². The minimum Gasteiger partial charge on any atom is -0.396 e. The first-order chi connectivity index (χ1) is 8.13. The third kappa shape index (κ3) is 4.70. The molecule has 5 nitrogen and oxygen atoms in total. The van der Waals surface area contributed by atoms with E-state index in [1.807, 2.05) is 6.07 Å². The highest BCUT2D eigenvalue weighted by molar-refractivity contribution is 5.54. The molecule has 0 amide bonds. The molecule has 1 rings (SSSR count). The highest BCUT2D eigenvalue weighted by atomic mass is 16.5. The van der Waals surface area contributed by atoms with Crippen molar-refractivity contribution >= 4 is 11.5 Å². The molecule has 0 saturated carbocycles. The number of hydrogen-bond donors (Lipinski definition) is 2. The molecule has 92 valence electrons. The number of nitriles is 1. The maximum absolute atomic E-state index is 8.77. The third-order valence-electron chi connectivity index (χ3n) is 2.04. The highest BCUT2D eigenvalue weighted by Crippen LogP contribution is 2.11. The maximum Gasteiger partial charge on any atom is 0.165 e. The number of pyridine rings is 1. The Morgan fingerprint density at radius 1 is 1.53 bits per heavy atom. The lowest BCUT2D eigenvalue weighted by atomic mass is 10.2. The Bertz CT molecular complexity index is 398. The molecule has 0 aliphatic carbocycles. The van der Waals surface area contributed by atoms with Crippen LogP contribution in [0.1, 0.15) is 19.5 Å². The molecule has 0 unspecified atom stereocenters. The van der Waals surface area contributed by atoms with Gasteiger partial charge in [-0.05, 0) is 18.1 Å². The minimum atomic E-state index is 0.248. The van der Waals surface area contributed by atoms with Crippen LogP contribution in [0.25, 0.3) is 0 Å². The topological polar surface area (TPSA) is 84.0 Å². The molecule has 1 heterocycles.